The van der Waals surface area contributed by atoms with Crippen molar-refractivity contribution >= 4 is 28.5 Å². The van der Waals surface area contributed by atoms with Crippen LogP contribution in [0.3, 0.4) is 0 Å². The molecule has 0 unspecified atom stereocenters. The van der Waals surface area contributed by atoms with Gasteiger partial charge >= 0.3 is 0 Å². The lowest BCUT2D eigenvalue weighted by Crippen LogP contribution is -2.26. The molecule has 7 heteroatoms. The molecule has 4 aromatic rings. The van der Waals surface area contributed by atoms with Gasteiger partial charge in [0.05, 0.1) is 17.1 Å². The summed E-state index contributed by atoms with van der Waals surface area (Å²) in [5.41, 5.74) is 5.21. The molecule has 1 aliphatic carbocycles. The molecule has 1 fully saturated rings. The molecule has 1 saturated heterocycles. The molecule has 0 bridgehead atoms. The van der Waals surface area contributed by atoms with Crippen molar-refractivity contribution in [2.24, 2.45) is 0 Å². The number of H-pyrrole nitrogens is 1. The summed E-state index contributed by atoms with van der Waals surface area (Å²) in [6.07, 6.45) is 7.12. The molecule has 1 aromatic carbocycles. The highest BCUT2D eigenvalue weighted by atomic mass is 35.5. The minimum atomic E-state index is 0.173. The number of hydrogen-bond donors (Lipinski definition) is 1. The van der Waals surface area contributed by atoms with Crippen LogP contribution < -0.4 is 4.90 Å². The lowest BCUT2D eigenvalue weighted by Gasteiger charge is -2.26. The molecule has 150 valence electrons. The average Bonchev–Trinajstić information content (AvgIpc) is 3.51. The zero-order chi connectivity index (χ0) is 20.1. The number of anilines is 1. The maximum absolute atomic E-state index is 6.17. The third-order valence-corrected chi connectivity index (χ3v) is 6.34. The monoisotopic (exact) mass is 416 g/mol. The van der Waals surface area contributed by atoms with Crippen molar-refractivity contribution in [1.82, 2.24) is 24.9 Å². The van der Waals surface area contributed by atoms with Gasteiger partial charge in [0.1, 0.15) is 17.3 Å². The Morgan fingerprint density at radius 3 is 2.90 bits per heavy atom. The van der Waals surface area contributed by atoms with Crippen LogP contribution in [-0.4, -0.2) is 31.5 Å². The molecule has 0 amide bonds. The summed E-state index contributed by atoms with van der Waals surface area (Å²) in [5, 5.41) is 0.717. The normalized spacial score (nSPS) is 18.3. The number of pyridine rings is 1. The van der Waals surface area contributed by atoms with Gasteiger partial charge in [-0.1, -0.05) is 17.7 Å². The molecule has 6 rings (SSSR count). The minimum absolute atomic E-state index is 0.173. The zero-order valence-electron chi connectivity index (χ0n) is 16.5. The smallest absolute Gasteiger partial charge is 0.180 e. The second-order valence-corrected chi connectivity index (χ2v) is 8.44. The van der Waals surface area contributed by atoms with Crippen molar-refractivity contribution in [3.8, 4) is 11.5 Å². The van der Waals surface area contributed by atoms with Crippen LogP contribution in [-0.2, 0) is 12.8 Å². The predicted molar refractivity (Wildman–Crippen MR) is 118 cm³/mol. The van der Waals surface area contributed by atoms with Gasteiger partial charge in [-0.3, -0.25) is 4.98 Å². The van der Waals surface area contributed by atoms with E-state index < -0.39 is 0 Å². The number of aromatic amines is 1. The first-order chi connectivity index (χ1) is 14.8. The molecule has 2 aliphatic rings. The maximum atomic E-state index is 6.17. The van der Waals surface area contributed by atoms with Crippen LogP contribution in [0, 0.1) is 0 Å². The Morgan fingerprint density at radius 1 is 1.03 bits per heavy atom. The van der Waals surface area contributed by atoms with Gasteiger partial charge < -0.3 is 9.88 Å². The van der Waals surface area contributed by atoms with Crippen LogP contribution in [0.25, 0.3) is 22.6 Å². The first kappa shape index (κ1) is 17.8. The highest BCUT2D eigenvalue weighted by Gasteiger charge is 2.33. The van der Waals surface area contributed by atoms with E-state index in [1.165, 1.54) is 11.3 Å². The fourth-order valence-electron chi connectivity index (χ4n) is 4.72. The van der Waals surface area contributed by atoms with E-state index in [0.29, 0.717) is 5.82 Å². The van der Waals surface area contributed by atoms with E-state index in [4.69, 9.17) is 26.6 Å². The third kappa shape index (κ3) is 2.94. The molecular formula is C23H21ClN6. The number of halogens is 1. The molecule has 0 saturated carbocycles. The van der Waals surface area contributed by atoms with Crippen LogP contribution in [0.5, 0.6) is 0 Å². The van der Waals surface area contributed by atoms with Gasteiger partial charge in [0.15, 0.2) is 5.82 Å². The molecule has 3 aromatic heterocycles. The van der Waals surface area contributed by atoms with Gasteiger partial charge in [-0.15, -0.1) is 0 Å². The standard InChI is InChI=1S/C23H21ClN6/c24-14-9-10-17-19(13-14)28-22(27-17)20-8-4-12-30(20)23-15-5-3-7-16(15)26-21(29-23)18-6-1-2-11-25-18/h1-2,6,9-11,13,20H,3-5,7-8,12H2,(H,27,28)/t20-/m1/s1. The van der Waals surface area contributed by atoms with Gasteiger partial charge in [-0.2, -0.15) is 0 Å². The lowest BCUT2D eigenvalue weighted by atomic mass is 10.1. The highest BCUT2D eigenvalue weighted by Crippen LogP contribution is 2.39. The van der Waals surface area contributed by atoms with Crippen LogP contribution >= 0.6 is 11.6 Å². The number of benzene rings is 1. The van der Waals surface area contributed by atoms with E-state index in [9.17, 15) is 0 Å². The van der Waals surface area contributed by atoms with Crippen molar-refractivity contribution in [2.45, 2.75) is 38.1 Å². The second kappa shape index (κ2) is 7.06. The predicted octanol–water partition coefficient (Wildman–Crippen LogP) is 4.90. The van der Waals surface area contributed by atoms with E-state index in [2.05, 4.69) is 14.9 Å². The van der Waals surface area contributed by atoms with Crippen LogP contribution in [0.15, 0.2) is 42.6 Å². The van der Waals surface area contributed by atoms with Crippen LogP contribution in [0.2, 0.25) is 5.02 Å². The summed E-state index contributed by atoms with van der Waals surface area (Å²) in [6.45, 7) is 0.966. The van der Waals surface area contributed by atoms with Crippen molar-refractivity contribution in [2.75, 3.05) is 11.4 Å². The molecule has 4 heterocycles. The molecule has 1 atom stereocenters. The number of imidazole rings is 1. The zero-order valence-corrected chi connectivity index (χ0v) is 17.2. The van der Waals surface area contributed by atoms with Gasteiger partial charge in [0.2, 0.25) is 0 Å². The molecule has 0 spiro atoms. The Kier molecular flexibility index (Phi) is 4.20. The van der Waals surface area contributed by atoms with Crippen LogP contribution in [0.4, 0.5) is 5.82 Å². The average molecular weight is 417 g/mol. The van der Waals surface area contributed by atoms with E-state index in [1.54, 1.807) is 6.20 Å². The second-order valence-electron chi connectivity index (χ2n) is 8.00. The fourth-order valence-corrected chi connectivity index (χ4v) is 4.90. The summed E-state index contributed by atoms with van der Waals surface area (Å²) >= 11 is 6.17. The Balaban J connectivity index is 1.45. The first-order valence-electron chi connectivity index (χ1n) is 10.5. The number of nitrogens with zero attached hydrogens (tertiary/aromatic N) is 5. The molecule has 30 heavy (non-hydrogen) atoms. The molecule has 1 aliphatic heterocycles. The van der Waals surface area contributed by atoms with Gasteiger partial charge in [-0.25, -0.2) is 15.0 Å². The third-order valence-electron chi connectivity index (χ3n) is 6.11. The lowest BCUT2D eigenvalue weighted by molar-refractivity contribution is 0.669. The number of aryl methyl sites for hydroxylation is 1. The largest absolute Gasteiger partial charge is 0.346 e. The van der Waals surface area contributed by atoms with E-state index in [1.807, 2.05) is 36.4 Å². The minimum Gasteiger partial charge on any atom is -0.346 e. The van der Waals surface area contributed by atoms with E-state index in [-0.39, 0.29) is 6.04 Å². The van der Waals surface area contributed by atoms with Gasteiger partial charge in [0.25, 0.3) is 0 Å². The summed E-state index contributed by atoms with van der Waals surface area (Å²) < 4.78 is 0. The number of fused-ring (bicyclic) bond motifs is 2. The van der Waals surface area contributed by atoms with Crippen molar-refractivity contribution < 1.29 is 0 Å². The van der Waals surface area contributed by atoms with Gasteiger partial charge in [-0.05, 0) is 62.4 Å². The number of nitrogens with one attached hydrogen (secondary N) is 1. The Morgan fingerprint density at radius 2 is 2.00 bits per heavy atom. The number of hydrogen-bond acceptors (Lipinski definition) is 5. The maximum Gasteiger partial charge on any atom is 0.180 e. The summed E-state index contributed by atoms with van der Waals surface area (Å²) in [7, 11) is 0. The van der Waals surface area contributed by atoms with Crippen molar-refractivity contribution in [3.63, 3.8) is 0 Å². The highest BCUT2D eigenvalue weighted by molar-refractivity contribution is 6.31. The summed E-state index contributed by atoms with van der Waals surface area (Å²) in [6, 6.07) is 11.8. The summed E-state index contributed by atoms with van der Waals surface area (Å²) in [4.78, 5) is 25.2. The molecule has 6 nitrogen and oxygen atoms in total. The number of aromatic nitrogens is 5. The quantitative estimate of drug-likeness (QED) is 0.514. The van der Waals surface area contributed by atoms with Crippen molar-refractivity contribution in [3.05, 3.63) is 64.7 Å². The Hall–Kier alpha value is -2.99. The Bertz CT molecular complexity index is 1240. The van der Waals surface area contributed by atoms with E-state index in [0.717, 1.165) is 72.0 Å². The van der Waals surface area contributed by atoms with E-state index >= 15 is 0 Å². The number of rotatable bonds is 3. The fraction of sp³-hybridized carbons (Fsp3) is 0.304. The molecular weight excluding hydrogens is 396 g/mol. The Labute approximate surface area is 179 Å². The van der Waals surface area contributed by atoms with Crippen LogP contribution in [0.1, 0.15) is 42.4 Å². The first-order valence-corrected chi connectivity index (χ1v) is 10.9. The van der Waals surface area contributed by atoms with Crippen molar-refractivity contribution in [1.29, 1.82) is 0 Å². The SMILES string of the molecule is Clc1ccc2nc([C@H]3CCCN3c3nc(-c4ccccn4)nc4c3CCC4)[nH]c2c1. The molecule has 0 radical (unpaired) electrons. The van der Waals surface area contributed by atoms with Gasteiger partial charge in [0, 0.05) is 29.0 Å². The topological polar surface area (TPSA) is 70.6 Å². The summed E-state index contributed by atoms with van der Waals surface area (Å²) in [5.74, 6) is 2.75. The molecule has 1 N–H and O–H groups in total.